The van der Waals surface area contributed by atoms with Crippen molar-refractivity contribution in [3.63, 3.8) is 0 Å². The molecule has 0 aromatic heterocycles. The van der Waals surface area contributed by atoms with Crippen molar-refractivity contribution in [3.8, 4) is 0 Å². The summed E-state index contributed by atoms with van der Waals surface area (Å²) in [4.78, 5) is 13.3. The van der Waals surface area contributed by atoms with Gasteiger partial charge < -0.3 is 4.74 Å². The van der Waals surface area contributed by atoms with Gasteiger partial charge in [0.1, 0.15) is 6.10 Å². The topological polar surface area (TPSA) is 26.3 Å². The monoisotopic (exact) mass is 304 g/mol. The summed E-state index contributed by atoms with van der Waals surface area (Å²) in [6.07, 6.45) is 3.63. The van der Waals surface area contributed by atoms with E-state index in [4.69, 9.17) is 4.74 Å². The number of rotatable bonds is 4. The quantitative estimate of drug-likeness (QED) is 0.603. The van der Waals surface area contributed by atoms with Gasteiger partial charge >= 0.3 is 5.97 Å². The van der Waals surface area contributed by atoms with Crippen LogP contribution in [0.2, 0.25) is 0 Å². The normalized spacial score (nSPS) is 33.1. The third kappa shape index (κ3) is 2.50. The van der Waals surface area contributed by atoms with E-state index in [1.165, 1.54) is 12.8 Å². The number of carbonyl (C=O) groups excluding carboxylic acids is 1. The lowest BCUT2D eigenvalue weighted by Crippen LogP contribution is -2.38. The number of esters is 1. The summed E-state index contributed by atoms with van der Waals surface area (Å²) in [7, 11) is 0. The van der Waals surface area contributed by atoms with E-state index >= 15 is 0 Å². The van der Waals surface area contributed by atoms with Gasteiger partial charge in [-0.2, -0.15) is 0 Å². The number of hydrogen-bond acceptors (Lipinski definition) is 3. The van der Waals surface area contributed by atoms with Crippen LogP contribution in [-0.2, 0) is 9.53 Å². The molecule has 3 rings (SSSR count). The van der Waals surface area contributed by atoms with Crippen LogP contribution in [0.5, 0.6) is 0 Å². The summed E-state index contributed by atoms with van der Waals surface area (Å²) in [5.41, 5.74) is 0.454. The van der Waals surface area contributed by atoms with Gasteiger partial charge in [-0.15, -0.1) is 11.8 Å². The molecule has 1 aromatic rings. The molecule has 3 heteroatoms. The fourth-order valence-corrected chi connectivity index (χ4v) is 4.86. The smallest absolute Gasteiger partial charge is 0.316 e. The summed E-state index contributed by atoms with van der Waals surface area (Å²) in [6.45, 7) is 7.00. The van der Waals surface area contributed by atoms with Crippen molar-refractivity contribution < 1.29 is 9.53 Å². The molecule has 114 valence electrons. The van der Waals surface area contributed by atoms with E-state index in [1.54, 1.807) is 11.8 Å². The van der Waals surface area contributed by atoms with Gasteiger partial charge in [0, 0.05) is 10.3 Å². The zero-order valence-corrected chi connectivity index (χ0v) is 13.9. The molecule has 0 aliphatic heterocycles. The first kappa shape index (κ1) is 15.0. The van der Waals surface area contributed by atoms with E-state index in [9.17, 15) is 4.79 Å². The lowest BCUT2D eigenvalue weighted by atomic mass is 9.70. The Labute approximate surface area is 131 Å². The highest BCUT2D eigenvalue weighted by molar-refractivity contribution is 8.00. The van der Waals surface area contributed by atoms with Gasteiger partial charge in [-0.3, -0.25) is 4.79 Å². The Balaban J connectivity index is 1.57. The molecule has 0 saturated heterocycles. The molecule has 21 heavy (non-hydrogen) atoms. The maximum Gasteiger partial charge on any atom is 0.316 e. The number of hydrogen-bond donors (Lipinski definition) is 0. The first-order valence-electron chi connectivity index (χ1n) is 7.81. The minimum atomic E-state index is -0.0709. The van der Waals surface area contributed by atoms with Crippen molar-refractivity contribution >= 4 is 17.7 Å². The highest BCUT2D eigenvalue weighted by Crippen LogP contribution is 2.66. The molecule has 0 unspecified atom stereocenters. The van der Waals surface area contributed by atoms with Crippen molar-refractivity contribution in [3.05, 3.63) is 30.3 Å². The van der Waals surface area contributed by atoms with E-state index in [-0.39, 0.29) is 17.5 Å². The molecular weight excluding hydrogens is 280 g/mol. The number of benzene rings is 1. The number of fused-ring (bicyclic) bond motifs is 2. The summed E-state index contributed by atoms with van der Waals surface area (Å²) in [6, 6.07) is 10.0. The van der Waals surface area contributed by atoms with E-state index < -0.39 is 0 Å². The molecule has 2 aliphatic carbocycles. The van der Waals surface area contributed by atoms with Crippen LogP contribution in [-0.4, -0.2) is 17.8 Å². The lowest BCUT2D eigenvalue weighted by Gasteiger charge is -2.38. The van der Waals surface area contributed by atoms with Crippen molar-refractivity contribution in [1.29, 1.82) is 0 Å². The Morgan fingerprint density at radius 3 is 2.57 bits per heavy atom. The molecule has 2 bridgehead atoms. The van der Waals surface area contributed by atoms with Gasteiger partial charge in [0.25, 0.3) is 0 Å². The molecule has 0 N–H and O–H groups in total. The Morgan fingerprint density at radius 2 is 2.00 bits per heavy atom. The Morgan fingerprint density at radius 1 is 1.29 bits per heavy atom. The second kappa shape index (κ2) is 5.35. The maximum atomic E-state index is 12.2. The molecule has 2 fully saturated rings. The second-order valence-electron chi connectivity index (χ2n) is 7.19. The van der Waals surface area contributed by atoms with E-state index in [0.29, 0.717) is 17.1 Å². The predicted molar refractivity (Wildman–Crippen MR) is 86.3 cm³/mol. The highest BCUT2D eigenvalue weighted by atomic mass is 32.2. The van der Waals surface area contributed by atoms with Crippen molar-refractivity contribution in [1.82, 2.24) is 0 Å². The molecule has 2 aliphatic rings. The fraction of sp³-hybridized carbons (Fsp3) is 0.611. The van der Waals surface area contributed by atoms with Crippen LogP contribution in [0.3, 0.4) is 0 Å². The van der Waals surface area contributed by atoms with Crippen LogP contribution in [0, 0.1) is 16.7 Å². The zero-order valence-electron chi connectivity index (χ0n) is 13.1. The van der Waals surface area contributed by atoms with Crippen molar-refractivity contribution in [2.75, 3.05) is 5.75 Å². The first-order valence-corrected chi connectivity index (χ1v) is 8.79. The number of thioether (sulfide) groups is 1. The average molecular weight is 304 g/mol. The highest BCUT2D eigenvalue weighted by Gasteiger charge is 2.62. The summed E-state index contributed by atoms with van der Waals surface area (Å²) < 4.78 is 5.85. The van der Waals surface area contributed by atoms with E-state index in [1.807, 2.05) is 30.3 Å². The van der Waals surface area contributed by atoms with E-state index in [0.717, 1.165) is 11.3 Å². The van der Waals surface area contributed by atoms with Crippen LogP contribution in [0.15, 0.2) is 35.2 Å². The number of ether oxygens (including phenoxy) is 1. The van der Waals surface area contributed by atoms with Crippen LogP contribution < -0.4 is 0 Å². The van der Waals surface area contributed by atoms with Crippen LogP contribution in [0.25, 0.3) is 0 Å². The standard InChI is InChI=1S/C18H24O2S/c1-17(2)13-9-10-18(17,3)15(11-13)20-16(19)12-21-14-7-5-4-6-8-14/h4-8,13,15H,9-12H2,1-3H3/t13-,15-,18-/m0/s1. The molecular formula is C18H24O2S. The Kier molecular flexibility index (Phi) is 3.81. The Hall–Kier alpha value is -0.960. The van der Waals surface area contributed by atoms with Gasteiger partial charge in [0.05, 0.1) is 5.75 Å². The third-order valence-corrected chi connectivity index (χ3v) is 7.07. The van der Waals surface area contributed by atoms with Gasteiger partial charge in [0.15, 0.2) is 0 Å². The molecule has 1 aromatic carbocycles. The maximum absolute atomic E-state index is 12.2. The zero-order chi connectivity index (χ0) is 15.1. The summed E-state index contributed by atoms with van der Waals surface area (Å²) in [5.74, 6) is 1.04. The second-order valence-corrected chi connectivity index (χ2v) is 8.24. The average Bonchev–Trinajstić information content (AvgIpc) is 2.79. The first-order chi connectivity index (χ1) is 9.93. The van der Waals surface area contributed by atoms with Crippen molar-refractivity contribution in [2.24, 2.45) is 16.7 Å². The minimum absolute atomic E-state index is 0.0709. The third-order valence-electron chi connectivity index (χ3n) is 6.09. The molecule has 0 amide bonds. The minimum Gasteiger partial charge on any atom is -0.461 e. The SMILES string of the molecule is CC1(C)[C@H]2CC[C@@]1(C)[C@@H](OC(=O)CSc1ccccc1)C2. The molecule has 0 heterocycles. The van der Waals surface area contributed by atoms with E-state index in [2.05, 4.69) is 20.8 Å². The van der Waals surface area contributed by atoms with Crippen molar-refractivity contribution in [2.45, 2.75) is 51.0 Å². The van der Waals surface area contributed by atoms with Gasteiger partial charge in [-0.05, 0) is 42.7 Å². The molecule has 2 nitrogen and oxygen atoms in total. The molecule has 2 saturated carbocycles. The number of carbonyl (C=O) groups is 1. The summed E-state index contributed by atoms with van der Waals surface area (Å²) >= 11 is 1.56. The largest absolute Gasteiger partial charge is 0.461 e. The van der Waals surface area contributed by atoms with Gasteiger partial charge in [0.2, 0.25) is 0 Å². The van der Waals surface area contributed by atoms with Gasteiger partial charge in [-0.1, -0.05) is 39.0 Å². The van der Waals surface area contributed by atoms with Crippen LogP contribution >= 0.6 is 11.8 Å². The molecule has 3 atom stereocenters. The Bertz CT molecular complexity index is 525. The fourth-order valence-electron chi connectivity index (χ4n) is 4.16. The van der Waals surface area contributed by atoms with Crippen LogP contribution in [0.4, 0.5) is 0 Å². The lowest BCUT2D eigenvalue weighted by molar-refractivity contribution is -0.153. The summed E-state index contributed by atoms with van der Waals surface area (Å²) in [5, 5.41) is 0. The molecule has 0 spiro atoms. The van der Waals surface area contributed by atoms with Crippen LogP contribution in [0.1, 0.15) is 40.0 Å². The molecule has 0 radical (unpaired) electrons. The van der Waals surface area contributed by atoms with Gasteiger partial charge in [-0.25, -0.2) is 0 Å². The predicted octanol–water partition coefficient (Wildman–Crippen LogP) is 4.54.